The smallest absolute Gasteiger partial charge is 0.233 e. The Kier molecular flexibility index (Phi) is 8.22. The highest BCUT2D eigenvalue weighted by Crippen LogP contribution is 2.30. The van der Waals surface area contributed by atoms with E-state index in [9.17, 15) is 4.79 Å². The van der Waals surface area contributed by atoms with Crippen molar-refractivity contribution in [3.63, 3.8) is 0 Å². The van der Waals surface area contributed by atoms with Gasteiger partial charge in [0.25, 0.3) is 0 Å². The Morgan fingerprint density at radius 3 is 2.70 bits per heavy atom. The van der Waals surface area contributed by atoms with Crippen LogP contribution >= 0.6 is 23.7 Å². The summed E-state index contributed by atoms with van der Waals surface area (Å²) in [5.74, 6) is 0.106. The van der Waals surface area contributed by atoms with Crippen LogP contribution in [0.25, 0.3) is 10.2 Å². The van der Waals surface area contributed by atoms with Gasteiger partial charge >= 0.3 is 0 Å². The molecule has 4 rings (SSSR count). The molecule has 2 heterocycles. The Bertz CT molecular complexity index is 957. The Balaban J connectivity index is 0.00000256. The number of aromatic nitrogens is 1. The second-order valence-electron chi connectivity index (χ2n) is 7.48. The minimum atomic E-state index is 0. The quantitative estimate of drug-likeness (QED) is 0.543. The van der Waals surface area contributed by atoms with E-state index in [2.05, 4.69) is 24.0 Å². The molecule has 7 heteroatoms. The van der Waals surface area contributed by atoms with Gasteiger partial charge in [-0.1, -0.05) is 47.7 Å². The largest absolute Gasteiger partial charge is 0.379 e. The maximum atomic E-state index is 13.2. The van der Waals surface area contributed by atoms with Crippen molar-refractivity contribution in [2.75, 3.05) is 44.3 Å². The van der Waals surface area contributed by atoms with E-state index in [-0.39, 0.29) is 18.3 Å². The van der Waals surface area contributed by atoms with E-state index in [1.54, 1.807) is 11.3 Å². The average molecular weight is 446 g/mol. The molecule has 2 aromatic carbocycles. The lowest BCUT2D eigenvalue weighted by Crippen LogP contribution is -2.39. The fourth-order valence-corrected chi connectivity index (χ4v) is 4.71. The van der Waals surface area contributed by atoms with Crippen LogP contribution < -0.4 is 4.90 Å². The first-order valence-electron chi connectivity index (χ1n) is 10.2. The van der Waals surface area contributed by atoms with E-state index in [0.717, 1.165) is 60.2 Å². The normalized spacial score (nSPS) is 14.4. The number of carbonyl (C=O) groups is 1. The first-order valence-corrected chi connectivity index (χ1v) is 11.0. The van der Waals surface area contributed by atoms with Crippen molar-refractivity contribution >= 4 is 45.0 Å². The number of ether oxygens (including phenoxy) is 1. The van der Waals surface area contributed by atoms with E-state index in [1.807, 2.05) is 41.3 Å². The van der Waals surface area contributed by atoms with Gasteiger partial charge in [-0.05, 0) is 36.6 Å². The third-order valence-electron chi connectivity index (χ3n) is 5.22. The topological polar surface area (TPSA) is 45.7 Å². The van der Waals surface area contributed by atoms with Gasteiger partial charge in [-0.3, -0.25) is 14.6 Å². The number of carbonyl (C=O) groups excluding carboxylic acids is 1. The minimum Gasteiger partial charge on any atom is -0.379 e. The Labute approximate surface area is 188 Å². The highest BCUT2D eigenvalue weighted by Gasteiger charge is 2.20. The van der Waals surface area contributed by atoms with E-state index in [0.29, 0.717) is 13.0 Å². The molecule has 1 saturated heterocycles. The summed E-state index contributed by atoms with van der Waals surface area (Å²) in [6.07, 6.45) is 1.32. The average Bonchev–Trinajstić information content (AvgIpc) is 3.15. The zero-order valence-corrected chi connectivity index (χ0v) is 18.9. The predicted molar refractivity (Wildman–Crippen MR) is 126 cm³/mol. The molecule has 0 radical (unpaired) electrons. The number of hydrogen-bond acceptors (Lipinski definition) is 5. The Hall–Kier alpha value is -1.99. The summed E-state index contributed by atoms with van der Waals surface area (Å²) in [7, 11) is 0. The maximum absolute atomic E-state index is 13.2. The number of benzene rings is 2. The number of morpholine rings is 1. The lowest BCUT2D eigenvalue weighted by atomic mass is 10.1. The van der Waals surface area contributed by atoms with E-state index >= 15 is 0 Å². The highest BCUT2D eigenvalue weighted by molar-refractivity contribution is 7.22. The van der Waals surface area contributed by atoms with Gasteiger partial charge < -0.3 is 4.74 Å². The predicted octanol–water partition coefficient (Wildman–Crippen LogP) is 4.32. The summed E-state index contributed by atoms with van der Waals surface area (Å²) >= 11 is 1.60. The Morgan fingerprint density at radius 1 is 1.17 bits per heavy atom. The van der Waals surface area contributed by atoms with E-state index < -0.39 is 0 Å². The van der Waals surface area contributed by atoms with Gasteiger partial charge in [0.2, 0.25) is 5.91 Å². The molecule has 1 aromatic heterocycles. The standard InChI is InChI=1S/C23H27N3O2S.ClH/c1-18-8-9-20-21(16-18)29-23(24-20)26(11-5-10-25-12-14-28-15-13-25)22(27)17-19-6-3-2-4-7-19;/h2-4,6-9,16H,5,10-15,17H2,1H3;1H. The second kappa shape index (κ2) is 10.9. The molecule has 30 heavy (non-hydrogen) atoms. The van der Waals surface area contributed by atoms with Crippen molar-refractivity contribution in [2.24, 2.45) is 0 Å². The van der Waals surface area contributed by atoms with Crippen LogP contribution in [0.1, 0.15) is 17.5 Å². The van der Waals surface area contributed by atoms with Gasteiger partial charge in [-0.2, -0.15) is 0 Å². The lowest BCUT2D eigenvalue weighted by molar-refractivity contribution is -0.118. The molecule has 0 atom stereocenters. The molecule has 3 aromatic rings. The number of halogens is 1. The molecule has 0 bridgehead atoms. The van der Waals surface area contributed by atoms with Crippen LogP contribution in [-0.4, -0.2) is 55.2 Å². The van der Waals surface area contributed by atoms with Crippen molar-refractivity contribution in [1.82, 2.24) is 9.88 Å². The van der Waals surface area contributed by atoms with Gasteiger partial charge in [0.1, 0.15) is 0 Å². The number of rotatable bonds is 7. The fraction of sp³-hybridized carbons (Fsp3) is 0.391. The van der Waals surface area contributed by atoms with Crippen molar-refractivity contribution in [2.45, 2.75) is 19.8 Å². The molecule has 0 N–H and O–H groups in total. The first-order chi connectivity index (χ1) is 14.2. The summed E-state index contributed by atoms with van der Waals surface area (Å²) in [5, 5.41) is 0.800. The summed E-state index contributed by atoms with van der Waals surface area (Å²) < 4.78 is 6.56. The molecule has 1 amide bonds. The molecule has 0 unspecified atom stereocenters. The summed E-state index contributed by atoms with van der Waals surface area (Å²) in [6, 6.07) is 16.2. The second-order valence-corrected chi connectivity index (χ2v) is 8.49. The summed E-state index contributed by atoms with van der Waals surface area (Å²) in [6.45, 7) is 7.28. The van der Waals surface area contributed by atoms with Gasteiger partial charge in [-0.15, -0.1) is 12.4 Å². The molecule has 0 saturated carbocycles. The lowest BCUT2D eigenvalue weighted by Gasteiger charge is -2.27. The molecular formula is C23H28ClN3O2S. The van der Waals surface area contributed by atoms with Crippen molar-refractivity contribution < 1.29 is 9.53 Å². The van der Waals surface area contributed by atoms with Gasteiger partial charge in [0, 0.05) is 26.2 Å². The number of amides is 1. The number of fused-ring (bicyclic) bond motifs is 1. The molecular weight excluding hydrogens is 418 g/mol. The van der Waals surface area contributed by atoms with Crippen LogP contribution in [-0.2, 0) is 16.0 Å². The molecule has 1 fully saturated rings. The van der Waals surface area contributed by atoms with Crippen LogP contribution in [0.4, 0.5) is 5.13 Å². The molecule has 1 aliphatic heterocycles. The SMILES string of the molecule is Cc1ccc2nc(N(CCCN3CCOCC3)C(=O)Cc3ccccc3)sc2c1.Cl. The van der Waals surface area contributed by atoms with Crippen LogP contribution in [0.5, 0.6) is 0 Å². The first kappa shape index (κ1) is 22.7. The maximum Gasteiger partial charge on any atom is 0.233 e. The molecule has 0 aliphatic carbocycles. The third-order valence-corrected chi connectivity index (χ3v) is 6.26. The van der Waals surface area contributed by atoms with Gasteiger partial charge in [-0.25, -0.2) is 4.98 Å². The van der Waals surface area contributed by atoms with Gasteiger partial charge in [0.15, 0.2) is 5.13 Å². The Morgan fingerprint density at radius 2 is 1.93 bits per heavy atom. The number of anilines is 1. The number of thiazole rings is 1. The van der Waals surface area contributed by atoms with Crippen LogP contribution in [0.3, 0.4) is 0 Å². The third kappa shape index (κ3) is 5.79. The molecule has 160 valence electrons. The van der Waals surface area contributed by atoms with Crippen molar-refractivity contribution in [3.05, 3.63) is 59.7 Å². The van der Waals surface area contributed by atoms with Crippen LogP contribution in [0.2, 0.25) is 0 Å². The van der Waals surface area contributed by atoms with Crippen LogP contribution in [0, 0.1) is 6.92 Å². The number of nitrogens with zero attached hydrogens (tertiary/aromatic N) is 3. The summed E-state index contributed by atoms with van der Waals surface area (Å²) in [4.78, 5) is 22.3. The monoisotopic (exact) mass is 445 g/mol. The van der Waals surface area contributed by atoms with Crippen LogP contribution in [0.15, 0.2) is 48.5 Å². The minimum absolute atomic E-state index is 0. The zero-order chi connectivity index (χ0) is 20.1. The van der Waals surface area contributed by atoms with E-state index in [4.69, 9.17) is 9.72 Å². The van der Waals surface area contributed by atoms with Crippen molar-refractivity contribution in [1.29, 1.82) is 0 Å². The molecule has 0 spiro atoms. The molecule has 1 aliphatic rings. The zero-order valence-electron chi connectivity index (χ0n) is 17.3. The highest BCUT2D eigenvalue weighted by atomic mass is 35.5. The van der Waals surface area contributed by atoms with Crippen molar-refractivity contribution in [3.8, 4) is 0 Å². The molecule has 5 nitrogen and oxygen atoms in total. The van der Waals surface area contributed by atoms with E-state index in [1.165, 1.54) is 5.56 Å². The van der Waals surface area contributed by atoms with Gasteiger partial charge in [0.05, 0.1) is 29.9 Å². The number of hydrogen-bond donors (Lipinski definition) is 0. The summed E-state index contributed by atoms with van der Waals surface area (Å²) in [5.41, 5.74) is 3.20. The fourth-order valence-electron chi connectivity index (χ4n) is 3.61. The number of aryl methyl sites for hydroxylation is 1.